The number of nitrogens with zero attached hydrogens (tertiary/aromatic N) is 4. The van der Waals surface area contributed by atoms with Crippen LogP contribution in [0, 0.1) is 5.92 Å². The average Bonchev–Trinajstić information content (AvgIpc) is 3.56. The topological polar surface area (TPSA) is 172 Å². The Morgan fingerprint density at radius 2 is 2.00 bits per heavy atom. The quantitative estimate of drug-likeness (QED) is 0.312. The Balaban J connectivity index is 1.58. The Morgan fingerprint density at radius 1 is 1.30 bits per heavy atom. The second-order valence-electron chi connectivity index (χ2n) is 10.0. The van der Waals surface area contributed by atoms with Crippen LogP contribution in [0.4, 0.5) is 24.7 Å². The molecular weight excluding hydrogens is 555 g/mol. The highest BCUT2D eigenvalue weighted by atomic mass is 32.2. The van der Waals surface area contributed by atoms with Crippen molar-refractivity contribution in [3.8, 4) is 11.3 Å². The number of nitrogens with two attached hydrogens (primary N) is 1. The minimum atomic E-state index is -4.69. The average molecular weight is 582 g/mol. The highest BCUT2D eigenvalue weighted by Gasteiger charge is 2.46. The fourth-order valence-corrected chi connectivity index (χ4v) is 5.33. The Labute approximate surface area is 226 Å². The number of alkyl halides is 3. The monoisotopic (exact) mass is 581 g/mol. The second kappa shape index (κ2) is 9.62. The van der Waals surface area contributed by atoms with Crippen molar-refractivity contribution in [3.63, 3.8) is 0 Å². The first kappa shape index (κ1) is 27.6. The van der Waals surface area contributed by atoms with E-state index in [1.165, 1.54) is 28.9 Å². The molecule has 0 spiro atoms. The normalized spacial score (nSPS) is 17.1. The maximum absolute atomic E-state index is 13.4. The van der Waals surface area contributed by atoms with E-state index in [4.69, 9.17) is 5.73 Å². The molecule has 0 unspecified atom stereocenters. The zero-order chi connectivity index (χ0) is 29.1. The molecule has 3 aromatic rings. The van der Waals surface area contributed by atoms with Crippen molar-refractivity contribution in [1.29, 1.82) is 0 Å². The van der Waals surface area contributed by atoms with Crippen LogP contribution in [0.3, 0.4) is 0 Å². The summed E-state index contributed by atoms with van der Waals surface area (Å²) >= 11 is 0. The van der Waals surface area contributed by atoms with E-state index >= 15 is 0 Å². The number of amides is 2. The Bertz CT molecular complexity index is 1640. The third-order valence-electron chi connectivity index (χ3n) is 7.01. The number of benzene rings is 1. The van der Waals surface area contributed by atoms with Crippen LogP contribution < -0.4 is 15.8 Å². The first-order valence-electron chi connectivity index (χ1n) is 12.3. The van der Waals surface area contributed by atoms with Crippen LogP contribution in [-0.2, 0) is 16.6 Å². The Hall–Kier alpha value is -3.92. The highest BCUT2D eigenvalue weighted by Crippen LogP contribution is 2.38. The van der Waals surface area contributed by atoms with Crippen molar-refractivity contribution in [3.05, 3.63) is 41.1 Å². The molecule has 16 heteroatoms. The predicted molar refractivity (Wildman–Crippen MR) is 138 cm³/mol. The molecule has 1 fully saturated rings. The fourth-order valence-electron chi connectivity index (χ4n) is 4.77. The van der Waals surface area contributed by atoms with Crippen LogP contribution >= 0.6 is 0 Å². The lowest BCUT2D eigenvalue weighted by atomic mass is 10.0. The first-order chi connectivity index (χ1) is 18.7. The molecule has 2 amide bonds. The van der Waals surface area contributed by atoms with Crippen LogP contribution in [0.1, 0.15) is 46.0 Å². The molecule has 40 heavy (non-hydrogen) atoms. The molecule has 1 aliphatic heterocycles. The lowest BCUT2D eigenvalue weighted by Gasteiger charge is -2.26. The number of hydrogen-bond donors (Lipinski definition) is 4. The molecule has 1 aromatic carbocycles. The summed E-state index contributed by atoms with van der Waals surface area (Å²) in [6.45, 7) is 0.202. The number of carbonyl (C=O) groups excluding carboxylic acids is 2. The van der Waals surface area contributed by atoms with Gasteiger partial charge >= 0.3 is 6.18 Å². The molecule has 2 atom stereocenters. The minimum absolute atomic E-state index is 0.0306. The Kier molecular flexibility index (Phi) is 6.65. The van der Waals surface area contributed by atoms with Crippen LogP contribution in [0.2, 0.25) is 0 Å². The number of halogens is 3. The lowest BCUT2D eigenvalue weighted by molar-refractivity contribution is -0.172. The van der Waals surface area contributed by atoms with Crippen LogP contribution in [0.15, 0.2) is 24.4 Å². The summed E-state index contributed by atoms with van der Waals surface area (Å²) in [6.07, 6.45) is -0.614. The van der Waals surface area contributed by atoms with Crippen LogP contribution in [-0.4, -0.2) is 76.0 Å². The SMILES string of the molecule is C[C@H](N1Cc2cc(-c3ccn4nc(N)c(C(=O)N[C@@H](CO)C5CC5)c4n3)cc(NS(C)(=O)=O)c2C1=O)C(F)(F)F. The van der Waals surface area contributed by atoms with Crippen LogP contribution in [0.5, 0.6) is 0 Å². The van der Waals surface area contributed by atoms with Gasteiger partial charge in [0.15, 0.2) is 11.5 Å². The van der Waals surface area contributed by atoms with Gasteiger partial charge in [0.05, 0.1) is 35.8 Å². The maximum atomic E-state index is 13.4. The number of fused-ring (bicyclic) bond motifs is 2. The molecule has 214 valence electrons. The summed E-state index contributed by atoms with van der Waals surface area (Å²) in [4.78, 5) is 31.2. The van der Waals surface area contributed by atoms with Gasteiger partial charge in [-0.2, -0.15) is 13.2 Å². The number of sulfonamides is 1. The van der Waals surface area contributed by atoms with Crippen molar-refractivity contribution in [2.24, 2.45) is 5.92 Å². The number of aliphatic hydroxyl groups is 1. The van der Waals surface area contributed by atoms with E-state index in [0.29, 0.717) is 4.90 Å². The fraction of sp³-hybridized carbons (Fsp3) is 0.417. The smallest absolute Gasteiger partial charge is 0.394 e. The predicted octanol–water partition coefficient (Wildman–Crippen LogP) is 1.76. The molecule has 0 saturated heterocycles. The maximum Gasteiger partial charge on any atom is 0.408 e. The molecule has 1 saturated carbocycles. The summed E-state index contributed by atoms with van der Waals surface area (Å²) in [5, 5.41) is 16.5. The molecule has 12 nitrogen and oxygen atoms in total. The molecule has 1 aliphatic carbocycles. The zero-order valence-electron chi connectivity index (χ0n) is 21.4. The van der Waals surface area contributed by atoms with Gasteiger partial charge in [0.1, 0.15) is 11.6 Å². The first-order valence-corrected chi connectivity index (χ1v) is 14.2. The van der Waals surface area contributed by atoms with Crippen LogP contribution in [0.25, 0.3) is 16.9 Å². The van der Waals surface area contributed by atoms with Gasteiger partial charge in [-0.05, 0) is 49.4 Å². The van der Waals surface area contributed by atoms with E-state index in [2.05, 4.69) is 20.1 Å². The molecule has 2 aromatic heterocycles. The summed E-state index contributed by atoms with van der Waals surface area (Å²) < 4.78 is 68.0. The number of nitrogens with one attached hydrogen (secondary N) is 2. The van der Waals surface area contributed by atoms with E-state index in [0.717, 1.165) is 26.0 Å². The summed E-state index contributed by atoms with van der Waals surface area (Å²) in [5.41, 5.74) is 6.34. The molecule has 0 bridgehead atoms. The number of aromatic nitrogens is 3. The molecule has 3 heterocycles. The highest BCUT2D eigenvalue weighted by molar-refractivity contribution is 7.92. The zero-order valence-corrected chi connectivity index (χ0v) is 22.2. The number of hydrogen-bond acceptors (Lipinski definition) is 8. The van der Waals surface area contributed by atoms with Gasteiger partial charge in [-0.15, -0.1) is 5.10 Å². The summed E-state index contributed by atoms with van der Waals surface area (Å²) in [5.74, 6) is -1.49. The summed E-state index contributed by atoms with van der Waals surface area (Å²) in [7, 11) is -3.92. The number of carbonyl (C=O) groups is 2. The number of rotatable bonds is 8. The van der Waals surface area contributed by atoms with Crippen molar-refractivity contribution >= 4 is 39.0 Å². The van der Waals surface area contributed by atoms with E-state index in [-0.39, 0.29) is 57.6 Å². The number of nitrogen functional groups attached to an aromatic ring is 1. The van der Waals surface area contributed by atoms with Gasteiger partial charge in [0.25, 0.3) is 11.8 Å². The lowest BCUT2D eigenvalue weighted by Crippen LogP contribution is -2.43. The van der Waals surface area contributed by atoms with Crippen molar-refractivity contribution in [2.45, 2.75) is 44.6 Å². The number of aliphatic hydroxyl groups excluding tert-OH is 1. The summed E-state index contributed by atoms with van der Waals surface area (Å²) in [6, 6.07) is 1.70. The van der Waals surface area contributed by atoms with Crippen molar-refractivity contribution in [1.82, 2.24) is 24.8 Å². The minimum Gasteiger partial charge on any atom is -0.394 e. The molecule has 2 aliphatic rings. The molecule has 5 N–H and O–H groups in total. The third kappa shape index (κ3) is 5.15. The van der Waals surface area contributed by atoms with Gasteiger partial charge in [-0.1, -0.05) is 0 Å². The largest absolute Gasteiger partial charge is 0.408 e. The van der Waals surface area contributed by atoms with Gasteiger partial charge in [0, 0.05) is 18.3 Å². The van der Waals surface area contributed by atoms with E-state index < -0.39 is 46.6 Å². The third-order valence-corrected chi connectivity index (χ3v) is 7.60. The second-order valence-corrected chi connectivity index (χ2v) is 11.8. The molecular formula is C24H26F3N7O5S. The van der Waals surface area contributed by atoms with Gasteiger partial charge in [-0.3, -0.25) is 14.3 Å². The van der Waals surface area contributed by atoms with Crippen molar-refractivity contribution < 1.29 is 36.3 Å². The van der Waals surface area contributed by atoms with Crippen molar-refractivity contribution in [2.75, 3.05) is 23.3 Å². The molecule has 5 rings (SSSR count). The van der Waals surface area contributed by atoms with Gasteiger partial charge in [-0.25, -0.2) is 17.9 Å². The van der Waals surface area contributed by atoms with E-state index in [1.54, 1.807) is 0 Å². The van der Waals surface area contributed by atoms with E-state index in [9.17, 15) is 36.3 Å². The van der Waals surface area contributed by atoms with Gasteiger partial charge < -0.3 is 21.1 Å². The molecule has 0 radical (unpaired) electrons. The number of anilines is 2. The Morgan fingerprint density at radius 3 is 2.60 bits per heavy atom. The van der Waals surface area contributed by atoms with E-state index in [1.807, 2.05) is 0 Å². The van der Waals surface area contributed by atoms with Gasteiger partial charge in [0.2, 0.25) is 10.0 Å². The standard InChI is InChI=1S/C24H26F3N7O5S/c1-11(24(25,26)27)33-9-14-7-13(8-16(18(14)23(33)37)32-40(2,38)39)15-5-6-34-21(29-15)19(20(28)31-34)22(36)30-17(10-35)12-3-4-12/h5-8,11-12,17,32,35H,3-4,9-10H2,1-2H3,(H2,28,31)(H,30,36)/t11-,17-/m0/s1.